The van der Waals surface area contributed by atoms with Crippen LogP contribution in [0.3, 0.4) is 0 Å². The average Bonchev–Trinajstić information content (AvgIpc) is 3.28. The first-order valence-corrected chi connectivity index (χ1v) is 9.06. The van der Waals surface area contributed by atoms with E-state index < -0.39 is 22.8 Å². The Morgan fingerprint density at radius 2 is 1.93 bits per heavy atom. The fourth-order valence-electron chi connectivity index (χ4n) is 3.22. The molecule has 152 valence electrons. The van der Waals surface area contributed by atoms with Crippen LogP contribution in [-0.2, 0) is 0 Å². The van der Waals surface area contributed by atoms with Crippen LogP contribution >= 0.6 is 0 Å². The van der Waals surface area contributed by atoms with Crippen LogP contribution in [0.4, 0.5) is 16.2 Å². The summed E-state index contributed by atoms with van der Waals surface area (Å²) in [6.45, 7) is 0.312. The number of hydrogen-bond acceptors (Lipinski definition) is 6. The maximum atomic E-state index is 12.4. The predicted octanol–water partition coefficient (Wildman–Crippen LogP) is 2.28. The molecule has 11 heteroatoms. The number of carbonyl (C=O) groups is 3. The van der Waals surface area contributed by atoms with E-state index in [0.29, 0.717) is 12.1 Å². The van der Waals surface area contributed by atoms with Crippen LogP contribution in [0.5, 0.6) is 0 Å². The molecular formula is C19H16N6O5. The van der Waals surface area contributed by atoms with Gasteiger partial charge in [0, 0.05) is 30.9 Å². The van der Waals surface area contributed by atoms with Crippen LogP contribution in [0.2, 0.25) is 0 Å². The first-order valence-electron chi connectivity index (χ1n) is 9.06. The van der Waals surface area contributed by atoms with E-state index in [9.17, 15) is 24.5 Å². The summed E-state index contributed by atoms with van der Waals surface area (Å²) < 4.78 is 0. The molecule has 0 radical (unpaired) electrons. The summed E-state index contributed by atoms with van der Waals surface area (Å²) in [6.07, 6.45) is 1.90. The van der Waals surface area contributed by atoms with Gasteiger partial charge in [0.2, 0.25) is 0 Å². The van der Waals surface area contributed by atoms with Crippen molar-refractivity contribution in [3.05, 3.63) is 64.0 Å². The van der Waals surface area contributed by atoms with E-state index in [0.717, 1.165) is 22.0 Å². The lowest BCUT2D eigenvalue weighted by Crippen LogP contribution is -2.35. The number of fused-ring (bicyclic) bond motifs is 2. The van der Waals surface area contributed by atoms with Gasteiger partial charge in [-0.1, -0.05) is 0 Å². The summed E-state index contributed by atoms with van der Waals surface area (Å²) in [5.41, 5.74) is 2.08. The highest BCUT2D eigenvalue weighted by Crippen LogP contribution is 2.26. The molecule has 4 rings (SSSR count). The summed E-state index contributed by atoms with van der Waals surface area (Å²) in [5, 5.41) is 16.2. The molecule has 0 aliphatic carbocycles. The minimum atomic E-state index is -0.618. The number of nitro groups is 1. The standard InChI is InChI=1S/C19H16N6O5/c26-17-13-4-3-12(25(29)30)9-14(13)18(27)24(17)7-1-6-20-19(28)23-11-2-5-15-16(8-11)22-10-21-15/h2-5,8-10H,1,6-7H2,(H,21,22)(H2,20,23,28). The molecule has 3 N–H and O–H groups in total. The highest BCUT2D eigenvalue weighted by Gasteiger charge is 2.36. The lowest BCUT2D eigenvalue weighted by molar-refractivity contribution is -0.384. The van der Waals surface area contributed by atoms with Gasteiger partial charge in [-0.05, 0) is 30.7 Å². The highest BCUT2D eigenvalue weighted by atomic mass is 16.6. The van der Waals surface area contributed by atoms with Gasteiger partial charge in [-0.15, -0.1) is 0 Å². The van der Waals surface area contributed by atoms with Gasteiger partial charge >= 0.3 is 6.03 Å². The van der Waals surface area contributed by atoms with E-state index in [4.69, 9.17) is 0 Å². The Morgan fingerprint density at radius 1 is 1.13 bits per heavy atom. The number of aromatic amines is 1. The summed E-state index contributed by atoms with van der Waals surface area (Å²) in [7, 11) is 0. The number of urea groups is 1. The lowest BCUT2D eigenvalue weighted by atomic mass is 10.1. The summed E-state index contributed by atoms with van der Waals surface area (Å²) >= 11 is 0. The van der Waals surface area contributed by atoms with Crippen molar-refractivity contribution in [2.45, 2.75) is 6.42 Å². The van der Waals surface area contributed by atoms with Gasteiger partial charge in [0.05, 0.1) is 33.4 Å². The molecule has 2 aromatic carbocycles. The molecule has 30 heavy (non-hydrogen) atoms. The topological polar surface area (TPSA) is 150 Å². The molecule has 0 spiro atoms. The Labute approximate surface area is 169 Å². The van der Waals surface area contributed by atoms with Crippen LogP contribution in [-0.4, -0.2) is 50.7 Å². The Hall–Kier alpha value is -4.28. The zero-order valence-electron chi connectivity index (χ0n) is 15.5. The average molecular weight is 408 g/mol. The zero-order chi connectivity index (χ0) is 21.3. The van der Waals surface area contributed by atoms with Gasteiger partial charge < -0.3 is 15.6 Å². The quantitative estimate of drug-likeness (QED) is 0.246. The molecule has 0 unspecified atom stereocenters. The number of H-pyrrole nitrogens is 1. The first-order chi connectivity index (χ1) is 14.4. The number of nitrogens with one attached hydrogen (secondary N) is 3. The Balaban J connectivity index is 1.29. The number of amides is 4. The zero-order valence-corrected chi connectivity index (χ0v) is 15.5. The molecule has 0 saturated carbocycles. The number of benzene rings is 2. The van der Waals surface area contributed by atoms with Crippen molar-refractivity contribution in [3.8, 4) is 0 Å². The molecule has 0 fully saturated rings. The van der Waals surface area contributed by atoms with Gasteiger partial charge in [-0.3, -0.25) is 24.6 Å². The second-order valence-electron chi connectivity index (χ2n) is 6.62. The van der Waals surface area contributed by atoms with Crippen LogP contribution in [0.1, 0.15) is 27.1 Å². The second kappa shape index (κ2) is 7.62. The third kappa shape index (κ3) is 3.55. The van der Waals surface area contributed by atoms with Gasteiger partial charge in [0.15, 0.2) is 0 Å². The smallest absolute Gasteiger partial charge is 0.319 e. The monoisotopic (exact) mass is 408 g/mol. The minimum absolute atomic E-state index is 0.0223. The molecule has 0 saturated heterocycles. The minimum Gasteiger partial charge on any atom is -0.345 e. The van der Waals surface area contributed by atoms with E-state index in [1.54, 1.807) is 24.5 Å². The molecule has 0 atom stereocenters. The number of anilines is 1. The van der Waals surface area contributed by atoms with E-state index in [2.05, 4.69) is 20.6 Å². The molecule has 11 nitrogen and oxygen atoms in total. The Kier molecular flexibility index (Phi) is 4.84. The van der Waals surface area contributed by atoms with Crippen molar-refractivity contribution >= 4 is 40.3 Å². The van der Waals surface area contributed by atoms with Crippen molar-refractivity contribution in [2.24, 2.45) is 0 Å². The van der Waals surface area contributed by atoms with E-state index >= 15 is 0 Å². The van der Waals surface area contributed by atoms with Crippen LogP contribution in [0, 0.1) is 10.1 Å². The normalized spacial score (nSPS) is 12.9. The van der Waals surface area contributed by atoms with Crippen molar-refractivity contribution in [3.63, 3.8) is 0 Å². The number of hydrogen-bond donors (Lipinski definition) is 3. The van der Waals surface area contributed by atoms with E-state index in [1.807, 2.05) is 0 Å². The first kappa shape index (κ1) is 19.1. The van der Waals surface area contributed by atoms with E-state index in [-0.39, 0.29) is 29.9 Å². The van der Waals surface area contributed by atoms with Crippen LogP contribution in [0.25, 0.3) is 11.0 Å². The van der Waals surface area contributed by atoms with Crippen molar-refractivity contribution in [1.29, 1.82) is 0 Å². The molecule has 0 bridgehead atoms. The molecule has 3 aromatic rings. The van der Waals surface area contributed by atoms with Gasteiger partial charge in [-0.2, -0.15) is 0 Å². The van der Waals surface area contributed by atoms with Gasteiger partial charge in [0.25, 0.3) is 17.5 Å². The number of rotatable bonds is 6. The Morgan fingerprint density at radius 3 is 2.73 bits per heavy atom. The summed E-state index contributed by atoms with van der Waals surface area (Å²) in [5.74, 6) is -1.07. The maximum absolute atomic E-state index is 12.4. The van der Waals surface area contributed by atoms with Crippen LogP contribution in [0.15, 0.2) is 42.7 Å². The second-order valence-corrected chi connectivity index (χ2v) is 6.62. The number of non-ortho nitro benzene ring substituents is 1. The molecule has 2 heterocycles. The number of aromatic nitrogens is 2. The fourth-order valence-corrected chi connectivity index (χ4v) is 3.22. The summed E-state index contributed by atoms with van der Waals surface area (Å²) in [4.78, 5) is 55.1. The lowest BCUT2D eigenvalue weighted by Gasteiger charge is -2.14. The molecule has 1 aliphatic rings. The van der Waals surface area contributed by atoms with Gasteiger partial charge in [-0.25, -0.2) is 9.78 Å². The predicted molar refractivity (Wildman–Crippen MR) is 106 cm³/mol. The molecule has 1 aromatic heterocycles. The number of nitrogens with zero attached hydrogens (tertiary/aromatic N) is 3. The third-order valence-electron chi connectivity index (χ3n) is 4.69. The van der Waals surface area contributed by atoms with Crippen molar-refractivity contribution < 1.29 is 19.3 Å². The van der Waals surface area contributed by atoms with Crippen LogP contribution < -0.4 is 10.6 Å². The highest BCUT2D eigenvalue weighted by molar-refractivity contribution is 6.21. The Bertz CT molecular complexity index is 1190. The van der Waals surface area contributed by atoms with Crippen molar-refractivity contribution in [1.82, 2.24) is 20.2 Å². The molecule has 1 aliphatic heterocycles. The molecule has 4 amide bonds. The number of imide groups is 1. The molecular weight excluding hydrogens is 392 g/mol. The number of imidazole rings is 1. The SMILES string of the molecule is O=C(NCCCN1C(=O)c2ccc([N+](=O)[O-])cc2C1=O)Nc1ccc2nc[nH]c2c1. The number of nitro benzene ring substituents is 1. The van der Waals surface area contributed by atoms with Crippen molar-refractivity contribution in [2.75, 3.05) is 18.4 Å². The maximum Gasteiger partial charge on any atom is 0.319 e. The van der Waals surface area contributed by atoms with E-state index in [1.165, 1.54) is 12.1 Å². The fraction of sp³-hybridized carbons (Fsp3) is 0.158. The van der Waals surface area contributed by atoms with Gasteiger partial charge in [0.1, 0.15) is 0 Å². The number of carbonyl (C=O) groups excluding carboxylic acids is 3. The largest absolute Gasteiger partial charge is 0.345 e. The third-order valence-corrected chi connectivity index (χ3v) is 4.69. The summed E-state index contributed by atoms with van der Waals surface area (Å²) in [6, 6.07) is 8.41.